The molecule has 3 heterocycles. The Hall–Kier alpha value is -1.62. The van der Waals surface area contributed by atoms with Gasteiger partial charge in [-0.3, -0.25) is 0 Å². The topological polar surface area (TPSA) is 53.7 Å². The van der Waals surface area contributed by atoms with E-state index < -0.39 is 5.60 Å². The second-order valence-corrected chi connectivity index (χ2v) is 5.25. The van der Waals surface area contributed by atoms with E-state index in [4.69, 9.17) is 0 Å². The molecule has 2 aromatic heterocycles. The molecule has 2 aromatic rings. The van der Waals surface area contributed by atoms with E-state index in [2.05, 4.69) is 34.9 Å². The molecule has 1 fully saturated rings. The molecule has 0 atom stereocenters. The average Bonchev–Trinajstić information content (AvgIpc) is 2.72. The Bertz CT molecular complexity index is 571. The van der Waals surface area contributed by atoms with Gasteiger partial charge in [0, 0.05) is 13.1 Å². The lowest BCUT2D eigenvalue weighted by Crippen LogP contribution is -2.62. The number of anilines is 1. The maximum atomic E-state index is 10.2. The first-order chi connectivity index (χ1) is 8.61. The van der Waals surface area contributed by atoms with E-state index in [1.807, 2.05) is 10.6 Å². The smallest absolute Gasteiger partial charge is 0.157 e. The highest BCUT2D eigenvalue weighted by Crippen LogP contribution is 2.31. The van der Waals surface area contributed by atoms with Gasteiger partial charge in [0.15, 0.2) is 5.65 Å². The molecule has 5 heteroatoms. The van der Waals surface area contributed by atoms with E-state index in [1.54, 1.807) is 6.33 Å². The van der Waals surface area contributed by atoms with Crippen LogP contribution in [0.4, 0.5) is 5.82 Å². The minimum atomic E-state index is -0.522. The number of rotatable bonds is 3. The molecule has 96 valence electrons. The van der Waals surface area contributed by atoms with Crippen molar-refractivity contribution in [2.75, 3.05) is 18.0 Å². The third-order valence-corrected chi connectivity index (χ3v) is 3.51. The number of aliphatic hydroxyl groups is 1. The lowest BCUT2D eigenvalue weighted by atomic mass is 9.89. The number of β-amino-alcohol motifs (C(OH)–C–C–N with tert-alkyl or cyclic N) is 1. The number of aromatic nitrogens is 3. The van der Waals surface area contributed by atoms with Gasteiger partial charge in [-0.05, 0) is 31.0 Å². The minimum Gasteiger partial charge on any atom is -0.386 e. The number of hydrogen-bond donors (Lipinski definition) is 1. The molecule has 3 rings (SSSR count). The standard InChI is InChI=1S/C13H18N4O/c1-3-4-13(18)7-16(8-13)12-6-10(2)5-11-14-9-15-17(11)12/h5-6,9,18H,3-4,7-8H2,1-2H3. The lowest BCUT2D eigenvalue weighted by molar-refractivity contribution is 0.00273. The van der Waals surface area contributed by atoms with Crippen LogP contribution in [0, 0.1) is 6.92 Å². The van der Waals surface area contributed by atoms with Gasteiger partial charge in [-0.1, -0.05) is 13.3 Å². The second kappa shape index (κ2) is 3.95. The van der Waals surface area contributed by atoms with Crippen molar-refractivity contribution in [3.63, 3.8) is 0 Å². The van der Waals surface area contributed by atoms with Crippen molar-refractivity contribution in [2.45, 2.75) is 32.3 Å². The fourth-order valence-electron chi connectivity index (χ4n) is 2.71. The Balaban J connectivity index is 1.90. The molecule has 1 aliphatic heterocycles. The van der Waals surface area contributed by atoms with Crippen LogP contribution in [0.5, 0.6) is 0 Å². The third kappa shape index (κ3) is 1.75. The van der Waals surface area contributed by atoms with Gasteiger partial charge >= 0.3 is 0 Å². The summed E-state index contributed by atoms with van der Waals surface area (Å²) in [6.07, 6.45) is 3.43. The fourth-order valence-corrected chi connectivity index (χ4v) is 2.71. The molecule has 0 spiro atoms. The molecule has 0 amide bonds. The van der Waals surface area contributed by atoms with Crippen LogP contribution < -0.4 is 4.90 Å². The van der Waals surface area contributed by atoms with E-state index in [1.165, 1.54) is 0 Å². The van der Waals surface area contributed by atoms with Gasteiger partial charge in [0.2, 0.25) is 0 Å². The van der Waals surface area contributed by atoms with Crippen molar-refractivity contribution in [2.24, 2.45) is 0 Å². The van der Waals surface area contributed by atoms with Crippen molar-refractivity contribution in [1.82, 2.24) is 14.6 Å². The highest BCUT2D eigenvalue weighted by molar-refractivity contribution is 5.55. The van der Waals surface area contributed by atoms with E-state index in [0.717, 1.165) is 29.9 Å². The summed E-state index contributed by atoms with van der Waals surface area (Å²) in [6.45, 7) is 5.51. The van der Waals surface area contributed by atoms with Crippen LogP contribution in [0.15, 0.2) is 18.5 Å². The number of aryl methyl sites for hydroxylation is 1. The first-order valence-corrected chi connectivity index (χ1v) is 6.39. The molecule has 1 saturated heterocycles. The molecule has 1 aliphatic rings. The van der Waals surface area contributed by atoms with Crippen LogP contribution >= 0.6 is 0 Å². The van der Waals surface area contributed by atoms with E-state index in [0.29, 0.717) is 13.1 Å². The van der Waals surface area contributed by atoms with E-state index in [-0.39, 0.29) is 0 Å². The number of hydrogen-bond acceptors (Lipinski definition) is 4. The highest BCUT2D eigenvalue weighted by atomic mass is 16.3. The first-order valence-electron chi connectivity index (χ1n) is 6.39. The molecule has 0 aromatic carbocycles. The van der Waals surface area contributed by atoms with Gasteiger partial charge in [0.1, 0.15) is 12.1 Å². The Morgan fingerprint density at radius 2 is 2.17 bits per heavy atom. The molecule has 0 saturated carbocycles. The lowest BCUT2D eigenvalue weighted by Gasteiger charge is -2.47. The summed E-state index contributed by atoms with van der Waals surface area (Å²) in [7, 11) is 0. The summed E-state index contributed by atoms with van der Waals surface area (Å²) >= 11 is 0. The summed E-state index contributed by atoms with van der Waals surface area (Å²) in [5.41, 5.74) is 1.50. The van der Waals surface area contributed by atoms with Gasteiger partial charge in [0.25, 0.3) is 0 Å². The van der Waals surface area contributed by atoms with Crippen LogP contribution in [-0.2, 0) is 0 Å². The third-order valence-electron chi connectivity index (χ3n) is 3.51. The zero-order valence-corrected chi connectivity index (χ0v) is 10.8. The number of fused-ring (bicyclic) bond motifs is 1. The van der Waals surface area contributed by atoms with Gasteiger partial charge in [-0.2, -0.15) is 9.61 Å². The van der Waals surface area contributed by atoms with Crippen LogP contribution in [0.25, 0.3) is 5.65 Å². The monoisotopic (exact) mass is 246 g/mol. The highest BCUT2D eigenvalue weighted by Gasteiger charge is 2.41. The molecule has 0 unspecified atom stereocenters. The molecule has 0 aliphatic carbocycles. The molecular formula is C13H18N4O. The quantitative estimate of drug-likeness (QED) is 0.889. The van der Waals surface area contributed by atoms with Gasteiger partial charge in [-0.25, -0.2) is 4.98 Å². The van der Waals surface area contributed by atoms with Crippen molar-refractivity contribution in [3.8, 4) is 0 Å². The molecule has 0 radical (unpaired) electrons. The maximum absolute atomic E-state index is 10.2. The van der Waals surface area contributed by atoms with Crippen molar-refractivity contribution >= 4 is 11.5 Å². The Kier molecular flexibility index (Phi) is 2.52. The van der Waals surface area contributed by atoms with Crippen molar-refractivity contribution < 1.29 is 5.11 Å². The Labute approximate surface area is 106 Å². The molecule has 5 nitrogen and oxygen atoms in total. The van der Waals surface area contributed by atoms with Crippen molar-refractivity contribution in [1.29, 1.82) is 0 Å². The second-order valence-electron chi connectivity index (χ2n) is 5.25. The molecule has 1 N–H and O–H groups in total. The normalized spacial score (nSPS) is 18.1. The van der Waals surface area contributed by atoms with Crippen LogP contribution in [0.2, 0.25) is 0 Å². The van der Waals surface area contributed by atoms with E-state index >= 15 is 0 Å². The van der Waals surface area contributed by atoms with Crippen molar-refractivity contribution in [3.05, 3.63) is 24.0 Å². The Morgan fingerprint density at radius 3 is 2.89 bits per heavy atom. The van der Waals surface area contributed by atoms with Crippen LogP contribution in [0.3, 0.4) is 0 Å². The Morgan fingerprint density at radius 1 is 1.39 bits per heavy atom. The van der Waals surface area contributed by atoms with Gasteiger partial charge < -0.3 is 10.0 Å². The summed E-state index contributed by atoms with van der Waals surface area (Å²) < 4.78 is 1.83. The number of pyridine rings is 1. The minimum absolute atomic E-state index is 0.522. The predicted molar refractivity (Wildman–Crippen MR) is 69.8 cm³/mol. The average molecular weight is 246 g/mol. The summed E-state index contributed by atoms with van der Waals surface area (Å²) in [5, 5.41) is 14.5. The molecule has 0 bridgehead atoms. The van der Waals surface area contributed by atoms with Gasteiger partial charge in [-0.15, -0.1) is 0 Å². The zero-order valence-electron chi connectivity index (χ0n) is 10.8. The predicted octanol–water partition coefficient (Wildman–Crippen LogP) is 1.39. The summed E-state index contributed by atoms with van der Waals surface area (Å²) in [4.78, 5) is 6.37. The zero-order chi connectivity index (χ0) is 12.8. The number of nitrogens with zero attached hydrogens (tertiary/aromatic N) is 4. The molecular weight excluding hydrogens is 228 g/mol. The van der Waals surface area contributed by atoms with Crippen LogP contribution in [-0.4, -0.2) is 38.4 Å². The van der Waals surface area contributed by atoms with Crippen LogP contribution in [0.1, 0.15) is 25.3 Å². The summed E-state index contributed by atoms with van der Waals surface area (Å²) in [6, 6.07) is 4.10. The molecule has 18 heavy (non-hydrogen) atoms. The maximum Gasteiger partial charge on any atom is 0.157 e. The first kappa shape index (κ1) is 11.5. The largest absolute Gasteiger partial charge is 0.386 e. The summed E-state index contributed by atoms with van der Waals surface area (Å²) in [5.74, 6) is 1.02. The van der Waals surface area contributed by atoms with Gasteiger partial charge in [0.05, 0.1) is 5.60 Å². The SMILES string of the molecule is CCCC1(O)CN(c2cc(C)cc3ncnn23)C1. The fraction of sp³-hybridized carbons (Fsp3) is 0.538. The van der Waals surface area contributed by atoms with E-state index in [9.17, 15) is 5.11 Å².